The first-order valence-electron chi connectivity index (χ1n) is 26.9. The molecule has 0 fully saturated rings. The number of hydrogen-bond acceptors (Lipinski definition) is 0. The monoisotopic (exact) mass is 1240 g/mol. The molecule has 0 heterocycles. The number of halogens is 5. The molecule has 0 atom stereocenters. The highest BCUT2D eigenvalue weighted by atomic mass is 79.9. The third-order valence-electron chi connectivity index (χ3n) is 12.7. The first-order valence-corrected chi connectivity index (χ1v) is 26.9. The lowest BCUT2D eigenvalue weighted by molar-refractivity contribution is -1.07. The van der Waals surface area contributed by atoms with Crippen LogP contribution in [0.25, 0.3) is 0 Å². The maximum absolute atomic E-state index is 2.45. The Bertz CT molecular complexity index is 790. The van der Waals surface area contributed by atoms with Gasteiger partial charge in [0.25, 0.3) is 0 Å². The Labute approximate surface area is 460 Å². The summed E-state index contributed by atoms with van der Waals surface area (Å²) in [4.78, 5) is 1.50. The number of rotatable bonds is 41. The van der Waals surface area contributed by atoms with Crippen molar-refractivity contribution in [1.82, 2.24) is 0 Å². The van der Waals surface area contributed by atoms with Crippen LogP contribution in [0.3, 0.4) is 0 Å². The summed E-state index contributed by atoms with van der Waals surface area (Å²) in [5.74, 6) is 0. The number of unbranched alkanes of at least 4 members (excludes halogenated alkanes) is 28. The second kappa shape index (κ2) is 57.8. The molecule has 5 nitrogen and oxygen atoms in total. The molecule has 0 radical (unpaired) electrons. The predicted molar refractivity (Wildman–Crippen MR) is 272 cm³/mol. The van der Waals surface area contributed by atoms with Crippen molar-refractivity contribution in [3.8, 4) is 0 Å². The van der Waals surface area contributed by atoms with Gasteiger partial charge in [0.1, 0.15) is 0 Å². The Balaban J connectivity index is -0.000000141. The van der Waals surface area contributed by atoms with Crippen LogP contribution in [0, 0.1) is 0 Å². The van der Waals surface area contributed by atoms with Gasteiger partial charge in [0.05, 0.1) is 117 Å². The second-order valence-electron chi connectivity index (χ2n) is 22.7. The lowest BCUT2D eigenvalue weighted by Crippen LogP contribution is -3.05. The van der Waals surface area contributed by atoms with E-state index in [2.05, 4.69) is 105 Å². The summed E-state index contributed by atoms with van der Waals surface area (Å²) in [6.07, 6.45) is 45.9. The number of nitrogens with zero attached hydrogens (tertiary/aromatic N) is 4. The summed E-state index contributed by atoms with van der Waals surface area (Å²) in [6.45, 7) is 18.3. The Kier molecular flexibility index (Phi) is 75.0. The van der Waals surface area contributed by atoms with E-state index in [0.29, 0.717) is 0 Å². The summed E-state index contributed by atoms with van der Waals surface area (Å²) in [5.41, 5.74) is 0. The van der Waals surface area contributed by atoms with Crippen LogP contribution in [0.15, 0.2) is 0 Å². The van der Waals surface area contributed by atoms with E-state index < -0.39 is 0 Å². The molecule has 0 saturated heterocycles. The van der Waals surface area contributed by atoms with Gasteiger partial charge in [-0.05, 0) is 45.4 Å². The topological polar surface area (TPSA) is 4.44 Å². The molecule has 64 heavy (non-hydrogen) atoms. The average Bonchev–Trinajstić information content (AvgIpc) is 3.15. The van der Waals surface area contributed by atoms with Crippen LogP contribution in [0.1, 0.15) is 233 Å². The fraction of sp³-hybridized carbons (Fsp3) is 1.00. The van der Waals surface area contributed by atoms with E-state index in [1.807, 2.05) is 0 Å². The van der Waals surface area contributed by atoms with E-state index >= 15 is 0 Å². The van der Waals surface area contributed by atoms with Gasteiger partial charge in [-0.3, -0.25) is 8.97 Å². The van der Waals surface area contributed by atoms with Gasteiger partial charge in [0, 0.05) is 12.8 Å². The van der Waals surface area contributed by atoms with Gasteiger partial charge in [0.2, 0.25) is 6.67 Å². The predicted octanol–water partition coefficient (Wildman–Crippen LogP) is -1.42. The van der Waals surface area contributed by atoms with E-state index in [0.717, 1.165) is 4.48 Å². The highest BCUT2D eigenvalue weighted by molar-refractivity contribution is 4.51. The largest absolute Gasteiger partial charge is 1.00 e. The normalized spacial score (nSPS) is 11.4. The van der Waals surface area contributed by atoms with Crippen molar-refractivity contribution in [1.29, 1.82) is 0 Å². The van der Waals surface area contributed by atoms with Crippen molar-refractivity contribution in [2.45, 2.75) is 233 Å². The number of nitrogens with one attached hydrogen (secondary N) is 1. The minimum absolute atomic E-state index is 0. The van der Waals surface area contributed by atoms with Crippen LogP contribution in [0.2, 0.25) is 0 Å². The summed E-state index contributed by atoms with van der Waals surface area (Å²) in [7, 11) is 25.8. The van der Waals surface area contributed by atoms with Gasteiger partial charge in [-0.15, -0.1) is 0 Å². The fourth-order valence-corrected chi connectivity index (χ4v) is 8.50. The molecule has 0 aromatic rings. The van der Waals surface area contributed by atoms with Crippen LogP contribution in [-0.4, -0.2) is 141 Å². The molecule has 10 heteroatoms. The van der Waals surface area contributed by atoms with Crippen LogP contribution in [0.4, 0.5) is 0 Å². The molecule has 0 unspecified atom stereocenters. The van der Waals surface area contributed by atoms with Gasteiger partial charge in [0.15, 0.2) is 0 Å². The van der Waals surface area contributed by atoms with Gasteiger partial charge in [-0.1, -0.05) is 175 Å². The molecule has 0 bridgehead atoms. The first-order chi connectivity index (χ1) is 27.9. The molecule has 0 aromatic carbocycles. The molecule has 0 aliphatic carbocycles. The molecule has 1 N–H and O–H groups in total. The second-order valence-corrected chi connectivity index (χ2v) is 22.7. The molecule has 0 aliphatic heterocycles. The Hall–Kier alpha value is 2.20. The quantitative estimate of drug-likeness (QED) is 0.0437. The number of quaternary nitrogens is 5. The molecule has 0 spiro atoms. The van der Waals surface area contributed by atoms with Crippen LogP contribution >= 0.6 is 0 Å². The van der Waals surface area contributed by atoms with E-state index in [1.54, 1.807) is 0 Å². The number of hydrogen-bond donors (Lipinski definition) is 1. The summed E-state index contributed by atoms with van der Waals surface area (Å²) >= 11 is 0. The SMILES string of the molecule is CCCCCCCCCCCC[N+](C)(C)CCCC[N+](C)(C)C.CCCCCCCCCCCC[N+](C)(C)C[N+](C)(C)CCCCCCCCCCCC.CC[NH+](C)C.[Br-].[Br-].[Br-].[Br-].[Br-]. The molecule has 0 aliphatic rings. The van der Waals surface area contributed by atoms with Crippen LogP contribution < -0.4 is 89.8 Å². The van der Waals surface area contributed by atoms with Crippen LogP contribution in [-0.2, 0) is 0 Å². The Morgan fingerprint density at radius 2 is 0.422 bits per heavy atom. The molecule has 0 amide bonds. The fourth-order valence-electron chi connectivity index (χ4n) is 8.50. The molecule has 0 rings (SSSR count). The van der Waals surface area contributed by atoms with Crippen molar-refractivity contribution in [2.75, 3.05) is 123 Å². The summed E-state index contributed by atoms with van der Waals surface area (Å²) in [6, 6.07) is 0. The molecule has 400 valence electrons. The smallest absolute Gasteiger partial charge is 0.206 e. The van der Waals surface area contributed by atoms with Crippen molar-refractivity contribution in [2.24, 2.45) is 0 Å². The highest BCUT2D eigenvalue weighted by Gasteiger charge is 2.26. The minimum atomic E-state index is 0. The van der Waals surface area contributed by atoms with Gasteiger partial charge in [-0.25, -0.2) is 0 Å². The molecule has 0 saturated carbocycles. The Morgan fingerprint density at radius 1 is 0.250 bits per heavy atom. The maximum atomic E-state index is 2.45. The zero-order chi connectivity index (χ0) is 45.2. The van der Waals surface area contributed by atoms with Gasteiger partial charge in [-0.2, -0.15) is 0 Å². The lowest BCUT2D eigenvalue weighted by Gasteiger charge is -2.39. The molecular weight excluding hydrogens is 1120 g/mol. The highest BCUT2D eigenvalue weighted by Crippen LogP contribution is 2.16. The van der Waals surface area contributed by atoms with Crippen molar-refractivity contribution >= 4 is 0 Å². The zero-order valence-corrected chi connectivity index (χ0v) is 54.7. The minimum Gasteiger partial charge on any atom is -1.00 e. The van der Waals surface area contributed by atoms with Gasteiger partial charge < -0.3 is 98.8 Å². The lowest BCUT2D eigenvalue weighted by atomic mass is 10.1. The maximum Gasteiger partial charge on any atom is 0.206 e. The zero-order valence-electron chi connectivity index (χ0n) is 46.8. The molecular formula is C54H124Br5N5. The van der Waals surface area contributed by atoms with Crippen molar-refractivity contribution in [3.63, 3.8) is 0 Å². The van der Waals surface area contributed by atoms with E-state index in [4.69, 9.17) is 0 Å². The Morgan fingerprint density at radius 3 is 0.625 bits per heavy atom. The molecule has 0 aromatic heterocycles. The standard InChI is InChI=1S/C29H64N2.C21H48N2.C4H11N.5BrH/c1-7-9-11-13-15-17-19-21-23-25-27-30(3,4)29-31(5,6)28-26-24-22-20-18-16-14-12-10-8-2;1-7-8-9-10-11-12-13-14-15-16-20-23(5,6)21-18-17-19-22(2,3)4;1-4-5(2)3;;;;;/h7-29H2,1-6H3;7-21H2,1-6H3;4H2,1-3H3;5*1H/q2*+2;;;;;;/p-4. The van der Waals surface area contributed by atoms with E-state index in [1.165, 1.54) is 270 Å². The van der Waals surface area contributed by atoms with Crippen molar-refractivity contribution < 1.29 is 108 Å². The first kappa shape index (κ1) is 83.1. The van der Waals surface area contributed by atoms with E-state index in [9.17, 15) is 0 Å². The van der Waals surface area contributed by atoms with Crippen molar-refractivity contribution in [3.05, 3.63) is 0 Å². The van der Waals surface area contributed by atoms with E-state index in [-0.39, 0.29) is 84.9 Å². The summed E-state index contributed by atoms with van der Waals surface area (Å²) in [5, 5.41) is 0. The van der Waals surface area contributed by atoms with Gasteiger partial charge >= 0.3 is 0 Å². The third kappa shape index (κ3) is 75.7. The van der Waals surface area contributed by atoms with Crippen LogP contribution in [0.5, 0.6) is 0 Å². The summed E-state index contributed by atoms with van der Waals surface area (Å²) < 4.78 is 4.68. The third-order valence-corrected chi connectivity index (χ3v) is 12.7. The average molecular weight is 1240 g/mol.